The van der Waals surface area contributed by atoms with E-state index in [1.54, 1.807) is 35.2 Å². The summed E-state index contributed by atoms with van der Waals surface area (Å²) < 4.78 is 13.0. The molecule has 0 N–H and O–H groups in total. The van der Waals surface area contributed by atoms with E-state index in [0.29, 0.717) is 28.9 Å². The first kappa shape index (κ1) is 19.5. The fraction of sp³-hybridized carbons (Fsp3) is 0.200. The summed E-state index contributed by atoms with van der Waals surface area (Å²) in [6, 6.07) is 13.6. The first-order chi connectivity index (χ1) is 12.9. The SMILES string of the molecule is CC(=O)N(c1cccc(Cl)c1)c1nc(CN(C)Cc2ccc(F)cc2)cs1. The summed E-state index contributed by atoms with van der Waals surface area (Å²) in [5.41, 5.74) is 2.59. The number of hydrogen-bond donors (Lipinski definition) is 0. The van der Waals surface area contributed by atoms with Crippen molar-refractivity contribution in [3.8, 4) is 0 Å². The lowest BCUT2D eigenvalue weighted by molar-refractivity contribution is -0.115. The normalized spacial score (nSPS) is 11.0. The van der Waals surface area contributed by atoms with Crippen LogP contribution in [0.2, 0.25) is 5.02 Å². The summed E-state index contributed by atoms with van der Waals surface area (Å²) in [5, 5.41) is 3.11. The molecule has 0 saturated heterocycles. The molecule has 1 aromatic heterocycles. The molecule has 0 aliphatic carbocycles. The Bertz CT molecular complexity index is 929. The molecule has 0 radical (unpaired) electrons. The number of amides is 1. The monoisotopic (exact) mass is 403 g/mol. The zero-order valence-electron chi connectivity index (χ0n) is 15.0. The number of thiazole rings is 1. The third-order valence-electron chi connectivity index (χ3n) is 3.91. The van der Waals surface area contributed by atoms with Crippen LogP contribution in [-0.4, -0.2) is 22.8 Å². The molecule has 0 unspecified atom stereocenters. The lowest BCUT2D eigenvalue weighted by atomic mass is 10.2. The van der Waals surface area contributed by atoms with Crippen LogP contribution in [0, 0.1) is 5.82 Å². The van der Waals surface area contributed by atoms with Crippen molar-refractivity contribution in [3.63, 3.8) is 0 Å². The van der Waals surface area contributed by atoms with Crippen molar-refractivity contribution in [1.29, 1.82) is 0 Å². The molecule has 0 spiro atoms. The Labute approximate surface area is 166 Å². The third kappa shape index (κ3) is 5.13. The highest BCUT2D eigenvalue weighted by Gasteiger charge is 2.18. The van der Waals surface area contributed by atoms with Crippen LogP contribution < -0.4 is 4.90 Å². The molecule has 3 rings (SSSR count). The minimum absolute atomic E-state index is 0.127. The number of carbonyl (C=O) groups is 1. The van der Waals surface area contributed by atoms with E-state index in [2.05, 4.69) is 9.88 Å². The predicted octanol–water partition coefficient (Wildman–Crippen LogP) is 5.25. The minimum Gasteiger partial charge on any atom is -0.296 e. The first-order valence-corrected chi connectivity index (χ1v) is 9.62. The van der Waals surface area contributed by atoms with E-state index >= 15 is 0 Å². The first-order valence-electron chi connectivity index (χ1n) is 8.36. The van der Waals surface area contributed by atoms with Gasteiger partial charge in [0, 0.05) is 30.4 Å². The van der Waals surface area contributed by atoms with Crippen LogP contribution in [0.25, 0.3) is 0 Å². The molecule has 140 valence electrons. The van der Waals surface area contributed by atoms with Crippen molar-refractivity contribution in [2.75, 3.05) is 11.9 Å². The molecule has 1 amide bonds. The summed E-state index contributed by atoms with van der Waals surface area (Å²) in [7, 11) is 1.97. The van der Waals surface area contributed by atoms with Crippen molar-refractivity contribution >= 4 is 39.7 Å². The Morgan fingerprint density at radius 1 is 1.19 bits per heavy atom. The number of benzene rings is 2. The van der Waals surface area contributed by atoms with Crippen molar-refractivity contribution in [2.24, 2.45) is 0 Å². The second-order valence-electron chi connectivity index (χ2n) is 6.25. The van der Waals surface area contributed by atoms with E-state index in [4.69, 9.17) is 11.6 Å². The van der Waals surface area contributed by atoms with E-state index in [-0.39, 0.29) is 11.7 Å². The van der Waals surface area contributed by atoms with Gasteiger partial charge in [-0.2, -0.15) is 0 Å². The number of nitrogens with zero attached hydrogens (tertiary/aromatic N) is 3. The average molecular weight is 404 g/mol. The molecule has 3 aromatic rings. The predicted molar refractivity (Wildman–Crippen MR) is 108 cm³/mol. The molecule has 27 heavy (non-hydrogen) atoms. The van der Waals surface area contributed by atoms with Gasteiger partial charge in [0.15, 0.2) is 5.13 Å². The molecule has 0 atom stereocenters. The topological polar surface area (TPSA) is 36.4 Å². The maximum Gasteiger partial charge on any atom is 0.230 e. The summed E-state index contributed by atoms with van der Waals surface area (Å²) in [5.74, 6) is -0.367. The summed E-state index contributed by atoms with van der Waals surface area (Å²) in [4.78, 5) is 20.4. The van der Waals surface area contributed by atoms with Crippen LogP contribution in [-0.2, 0) is 17.9 Å². The average Bonchev–Trinajstić information content (AvgIpc) is 3.04. The van der Waals surface area contributed by atoms with Crippen LogP contribution in [0.4, 0.5) is 15.2 Å². The fourth-order valence-corrected chi connectivity index (χ4v) is 3.81. The smallest absolute Gasteiger partial charge is 0.230 e. The van der Waals surface area contributed by atoms with E-state index in [9.17, 15) is 9.18 Å². The van der Waals surface area contributed by atoms with Gasteiger partial charge >= 0.3 is 0 Å². The van der Waals surface area contributed by atoms with E-state index in [0.717, 1.165) is 11.3 Å². The lowest BCUT2D eigenvalue weighted by Crippen LogP contribution is -2.23. The van der Waals surface area contributed by atoms with Gasteiger partial charge in [0.05, 0.1) is 11.4 Å². The van der Waals surface area contributed by atoms with Gasteiger partial charge in [-0.15, -0.1) is 11.3 Å². The van der Waals surface area contributed by atoms with Crippen LogP contribution in [0.15, 0.2) is 53.9 Å². The molecule has 0 saturated carbocycles. The molecule has 0 aliphatic heterocycles. The zero-order valence-corrected chi connectivity index (χ0v) is 16.6. The van der Waals surface area contributed by atoms with Crippen LogP contribution in [0.1, 0.15) is 18.2 Å². The van der Waals surface area contributed by atoms with Crippen molar-refractivity contribution in [2.45, 2.75) is 20.0 Å². The lowest BCUT2D eigenvalue weighted by Gasteiger charge is -2.18. The molecule has 7 heteroatoms. The Kier molecular flexibility index (Phi) is 6.21. The second-order valence-corrected chi connectivity index (χ2v) is 7.53. The van der Waals surface area contributed by atoms with Crippen LogP contribution in [0.3, 0.4) is 0 Å². The van der Waals surface area contributed by atoms with Gasteiger partial charge in [-0.25, -0.2) is 9.37 Å². The van der Waals surface area contributed by atoms with Gasteiger partial charge in [0.2, 0.25) is 5.91 Å². The molecular weight excluding hydrogens is 385 g/mol. The maximum atomic E-state index is 13.0. The maximum absolute atomic E-state index is 13.0. The molecule has 0 aliphatic rings. The number of hydrogen-bond acceptors (Lipinski definition) is 4. The molecule has 0 fully saturated rings. The van der Waals surface area contributed by atoms with E-state index in [1.807, 2.05) is 18.5 Å². The van der Waals surface area contributed by atoms with Crippen molar-refractivity contribution < 1.29 is 9.18 Å². The molecule has 0 bridgehead atoms. The number of anilines is 2. The summed E-state index contributed by atoms with van der Waals surface area (Å²) >= 11 is 7.47. The van der Waals surface area contributed by atoms with E-state index < -0.39 is 0 Å². The van der Waals surface area contributed by atoms with Gasteiger partial charge in [-0.1, -0.05) is 29.8 Å². The molecule has 1 heterocycles. The van der Waals surface area contributed by atoms with Crippen molar-refractivity contribution in [1.82, 2.24) is 9.88 Å². The minimum atomic E-state index is -0.240. The fourth-order valence-electron chi connectivity index (χ4n) is 2.75. The number of aromatic nitrogens is 1. The largest absolute Gasteiger partial charge is 0.296 e. The number of halogens is 2. The third-order valence-corrected chi connectivity index (χ3v) is 5.02. The van der Waals surface area contributed by atoms with Crippen molar-refractivity contribution in [3.05, 3.63) is 76.0 Å². The van der Waals surface area contributed by atoms with Gasteiger partial charge in [-0.05, 0) is 42.9 Å². The Hall–Kier alpha value is -2.28. The zero-order chi connectivity index (χ0) is 19.4. The van der Waals surface area contributed by atoms with Gasteiger partial charge in [0.1, 0.15) is 5.82 Å². The molecular formula is C20H19ClFN3OS. The Morgan fingerprint density at radius 3 is 2.59 bits per heavy atom. The Balaban J connectivity index is 1.72. The number of rotatable bonds is 6. The molecule has 2 aromatic carbocycles. The highest BCUT2D eigenvalue weighted by molar-refractivity contribution is 7.14. The van der Waals surface area contributed by atoms with Crippen LogP contribution >= 0.6 is 22.9 Å². The highest BCUT2D eigenvalue weighted by atomic mass is 35.5. The summed E-state index contributed by atoms with van der Waals surface area (Å²) in [6.45, 7) is 2.80. The quantitative estimate of drug-likeness (QED) is 0.563. The highest BCUT2D eigenvalue weighted by Crippen LogP contribution is 2.30. The standard InChI is InChI=1S/C20H19ClFN3OS/c1-14(26)25(19-5-3-4-16(21)10-19)20-23-18(13-27-20)12-24(2)11-15-6-8-17(22)9-7-15/h3-10,13H,11-12H2,1-2H3. The van der Waals surface area contributed by atoms with Gasteiger partial charge in [0.25, 0.3) is 0 Å². The van der Waals surface area contributed by atoms with Gasteiger partial charge in [-0.3, -0.25) is 14.6 Å². The Morgan fingerprint density at radius 2 is 1.93 bits per heavy atom. The van der Waals surface area contributed by atoms with Gasteiger partial charge < -0.3 is 0 Å². The van der Waals surface area contributed by atoms with Crippen LogP contribution in [0.5, 0.6) is 0 Å². The number of carbonyl (C=O) groups excluding carboxylic acids is 1. The van der Waals surface area contributed by atoms with E-state index in [1.165, 1.54) is 30.4 Å². The second kappa shape index (κ2) is 8.61. The summed E-state index contributed by atoms with van der Waals surface area (Å²) in [6.07, 6.45) is 0. The molecule has 4 nitrogen and oxygen atoms in total.